The van der Waals surface area contributed by atoms with E-state index in [0.29, 0.717) is 0 Å². The van der Waals surface area contributed by atoms with E-state index >= 15 is 0 Å². The molecule has 102 valence electrons. The van der Waals surface area contributed by atoms with Crippen molar-refractivity contribution < 1.29 is 33.2 Å². The van der Waals surface area contributed by atoms with Gasteiger partial charge in [0, 0.05) is 10.9 Å². The maximum absolute atomic E-state index is 12.0. The molecule has 0 aromatic heterocycles. The molecule has 3 N–H and O–H groups in total. The molecule has 0 radical (unpaired) electrons. The minimum Gasteiger partial charge on any atom is -0.508 e. The standard InChI is InChI=1S/C10H10BrF3O4/c11-4-8(16)9(17)6-3-5(1-2-7(6)15)18-10(12,13)14/h1-3,8-9,15-17H,4H2. The Labute approximate surface area is 109 Å². The number of halogens is 4. The van der Waals surface area contributed by atoms with Crippen LogP contribution in [0.2, 0.25) is 0 Å². The van der Waals surface area contributed by atoms with Crippen molar-refractivity contribution in [2.75, 3.05) is 5.33 Å². The Morgan fingerprint density at radius 2 is 1.89 bits per heavy atom. The van der Waals surface area contributed by atoms with Crippen molar-refractivity contribution in [1.29, 1.82) is 0 Å². The normalized spacial score (nSPS) is 15.2. The van der Waals surface area contributed by atoms with Gasteiger partial charge in [-0.2, -0.15) is 0 Å². The van der Waals surface area contributed by atoms with Gasteiger partial charge >= 0.3 is 6.36 Å². The van der Waals surface area contributed by atoms with Crippen LogP contribution in [-0.2, 0) is 0 Å². The van der Waals surface area contributed by atoms with Gasteiger partial charge in [0.15, 0.2) is 0 Å². The molecule has 0 spiro atoms. The Hall–Kier alpha value is -0.990. The van der Waals surface area contributed by atoms with Crippen molar-refractivity contribution in [3.05, 3.63) is 23.8 Å². The molecule has 0 aliphatic heterocycles. The number of rotatable bonds is 4. The van der Waals surface area contributed by atoms with Crippen LogP contribution in [0.5, 0.6) is 11.5 Å². The molecule has 18 heavy (non-hydrogen) atoms. The minimum atomic E-state index is -4.87. The molecule has 2 unspecified atom stereocenters. The summed E-state index contributed by atoms with van der Waals surface area (Å²) in [6.07, 6.45) is -7.66. The van der Waals surface area contributed by atoms with Crippen LogP contribution in [0.15, 0.2) is 18.2 Å². The average Bonchev–Trinajstić information content (AvgIpc) is 2.28. The van der Waals surface area contributed by atoms with Gasteiger partial charge in [0.2, 0.25) is 0 Å². The second-order valence-corrected chi connectivity index (χ2v) is 4.08. The predicted molar refractivity (Wildman–Crippen MR) is 59.6 cm³/mol. The second-order valence-electron chi connectivity index (χ2n) is 3.43. The van der Waals surface area contributed by atoms with Crippen LogP contribution in [0, 0.1) is 0 Å². The van der Waals surface area contributed by atoms with Crippen LogP contribution in [0.3, 0.4) is 0 Å². The van der Waals surface area contributed by atoms with E-state index in [0.717, 1.165) is 18.2 Å². The lowest BCUT2D eigenvalue weighted by Crippen LogP contribution is -2.20. The quantitative estimate of drug-likeness (QED) is 0.739. The van der Waals surface area contributed by atoms with E-state index in [-0.39, 0.29) is 10.9 Å². The van der Waals surface area contributed by atoms with E-state index in [1.807, 2.05) is 0 Å². The predicted octanol–water partition coefficient (Wildman–Crippen LogP) is 2.08. The third-order valence-electron chi connectivity index (χ3n) is 2.07. The highest BCUT2D eigenvalue weighted by atomic mass is 79.9. The molecule has 0 bridgehead atoms. The van der Waals surface area contributed by atoms with Crippen LogP contribution in [-0.4, -0.2) is 33.1 Å². The fourth-order valence-corrected chi connectivity index (χ4v) is 1.61. The van der Waals surface area contributed by atoms with Crippen LogP contribution >= 0.6 is 15.9 Å². The number of hydrogen-bond donors (Lipinski definition) is 3. The number of phenolic OH excluding ortho intramolecular Hbond substituents is 1. The van der Waals surface area contributed by atoms with Crippen molar-refractivity contribution in [3.63, 3.8) is 0 Å². The SMILES string of the molecule is Oc1ccc(OC(F)(F)F)cc1C(O)C(O)CBr. The summed E-state index contributed by atoms with van der Waals surface area (Å²) in [6.45, 7) is 0. The third kappa shape index (κ3) is 4.04. The summed E-state index contributed by atoms with van der Waals surface area (Å²) in [7, 11) is 0. The van der Waals surface area contributed by atoms with E-state index in [9.17, 15) is 28.5 Å². The van der Waals surface area contributed by atoms with Crippen LogP contribution in [0.4, 0.5) is 13.2 Å². The van der Waals surface area contributed by atoms with Crippen molar-refractivity contribution in [2.24, 2.45) is 0 Å². The first-order chi connectivity index (χ1) is 8.24. The Bertz CT molecular complexity index is 411. The number of ether oxygens (including phenoxy) is 1. The molecule has 2 atom stereocenters. The summed E-state index contributed by atoms with van der Waals surface area (Å²) in [4.78, 5) is 0. The second kappa shape index (κ2) is 5.77. The smallest absolute Gasteiger partial charge is 0.508 e. The van der Waals surface area contributed by atoms with Crippen molar-refractivity contribution >= 4 is 15.9 Å². The third-order valence-corrected chi connectivity index (χ3v) is 2.74. The molecule has 0 aliphatic rings. The van der Waals surface area contributed by atoms with Gasteiger partial charge in [-0.05, 0) is 18.2 Å². The first kappa shape index (κ1) is 15.1. The molecule has 4 nitrogen and oxygen atoms in total. The fourth-order valence-electron chi connectivity index (χ4n) is 1.26. The summed E-state index contributed by atoms with van der Waals surface area (Å²) in [6, 6.07) is 2.67. The fraction of sp³-hybridized carbons (Fsp3) is 0.400. The molecule has 0 aliphatic carbocycles. The molecule has 1 aromatic carbocycles. The van der Waals surface area contributed by atoms with Crippen LogP contribution in [0.25, 0.3) is 0 Å². The lowest BCUT2D eigenvalue weighted by molar-refractivity contribution is -0.274. The Morgan fingerprint density at radius 1 is 1.28 bits per heavy atom. The largest absolute Gasteiger partial charge is 0.573 e. The molecule has 0 saturated heterocycles. The van der Waals surface area contributed by atoms with Gasteiger partial charge in [0.1, 0.15) is 17.6 Å². The summed E-state index contributed by atoms with van der Waals surface area (Å²) < 4.78 is 39.6. The molecule has 1 aromatic rings. The van der Waals surface area contributed by atoms with Crippen molar-refractivity contribution in [3.8, 4) is 11.5 Å². The summed E-state index contributed by atoms with van der Waals surface area (Å²) in [5, 5.41) is 28.4. The maximum atomic E-state index is 12.0. The van der Waals surface area contributed by atoms with Gasteiger partial charge in [0.05, 0.1) is 6.10 Å². The Morgan fingerprint density at radius 3 is 2.39 bits per heavy atom. The van der Waals surface area contributed by atoms with Gasteiger partial charge in [-0.15, -0.1) is 13.2 Å². The van der Waals surface area contributed by atoms with Gasteiger partial charge in [-0.3, -0.25) is 0 Å². The molecule has 0 saturated carbocycles. The lowest BCUT2D eigenvalue weighted by atomic mass is 10.0. The van der Waals surface area contributed by atoms with Crippen molar-refractivity contribution in [1.82, 2.24) is 0 Å². The number of aliphatic hydroxyl groups excluding tert-OH is 2. The molecule has 0 heterocycles. The molecule has 1 rings (SSSR count). The highest BCUT2D eigenvalue weighted by Gasteiger charge is 2.32. The van der Waals surface area contributed by atoms with Gasteiger partial charge in [0.25, 0.3) is 0 Å². The molecule has 8 heteroatoms. The van der Waals surface area contributed by atoms with E-state index in [1.165, 1.54) is 0 Å². The summed E-state index contributed by atoms with van der Waals surface area (Å²) >= 11 is 2.90. The molecular weight excluding hydrogens is 321 g/mol. The number of aliphatic hydroxyl groups is 2. The highest BCUT2D eigenvalue weighted by Crippen LogP contribution is 2.32. The maximum Gasteiger partial charge on any atom is 0.573 e. The van der Waals surface area contributed by atoms with Crippen LogP contribution in [0.1, 0.15) is 11.7 Å². The number of alkyl halides is 4. The number of aromatic hydroxyl groups is 1. The Balaban J connectivity index is 3.01. The first-order valence-electron chi connectivity index (χ1n) is 4.75. The number of benzene rings is 1. The van der Waals surface area contributed by atoms with E-state index in [1.54, 1.807) is 0 Å². The van der Waals surface area contributed by atoms with Crippen LogP contribution < -0.4 is 4.74 Å². The number of hydrogen-bond acceptors (Lipinski definition) is 4. The molecule has 0 amide bonds. The average molecular weight is 331 g/mol. The van der Waals surface area contributed by atoms with E-state index < -0.39 is 30.1 Å². The van der Waals surface area contributed by atoms with Gasteiger partial charge < -0.3 is 20.1 Å². The summed E-state index contributed by atoms with van der Waals surface area (Å²) in [5.41, 5.74) is -0.247. The first-order valence-corrected chi connectivity index (χ1v) is 5.87. The van der Waals surface area contributed by atoms with Gasteiger partial charge in [-0.1, -0.05) is 15.9 Å². The lowest BCUT2D eigenvalue weighted by Gasteiger charge is -2.18. The Kier molecular flexibility index (Phi) is 4.83. The summed E-state index contributed by atoms with van der Waals surface area (Å²) in [5.74, 6) is -1.02. The number of phenols is 1. The van der Waals surface area contributed by atoms with E-state index in [2.05, 4.69) is 20.7 Å². The molecular formula is C10H10BrF3O4. The zero-order chi connectivity index (χ0) is 13.9. The monoisotopic (exact) mass is 330 g/mol. The zero-order valence-corrected chi connectivity index (χ0v) is 10.4. The molecule has 0 fully saturated rings. The van der Waals surface area contributed by atoms with Crippen molar-refractivity contribution in [2.45, 2.75) is 18.6 Å². The van der Waals surface area contributed by atoms with E-state index in [4.69, 9.17) is 0 Å². The van der Waals surface area contributed by atoms with Gasteiger partial charge in [-0.25, -0.2) is 0 Å². The topological polar surface area (TPSA) is 69.9 Å². The minimum absolute atomic E-state index is 0.00202. The zero-order valence-electron chi connectivity index (χ0n) is 8.86. The highest BCUT2D eigenvalue weighted by molar-refractivity contribution is 9.09.